The number of halogens is 2. The van der Waals surface area contributed by atoms with E-state index in [1.165, 1.54) is 12.1 Å². The lowest BCUT2D eigenvalue weighted by molar-refractivity contribution is -0.120. The fourth-order valence-electron chi connectivity index (χ4n) is 3.46. The van der Waals surface area contributed by atoms with Crippen molar-refractivity contribution in [1.82, 2.24) is 0 Å². The molecule has 3 aromatic carbocycles. The maximum absolute atomic E-state index is 13.2. The number of benzene rings is 3. The van der Waals surface area contributed by atoms with Crippen LogP contribution in [0.15, 0.2) is 83.5 Å². The van der Waals surface area contributed by atoms with Crippen LogP contribution in [0, 0.1) is 5.82 Å². The second-order valence-corrected chi connectivity index (χ2v) is 7.66. The quantitative estimate of drug-likeness (QED) is 0.500. The summed E-state index contributed by atoms with van der Waals surface area (Å²) in [6.45, 7) is 2.00. The van der Waals surface area contributed by atoms with Crippen LogP contribution < -0.4 is 15.5 Å². The molecule has 1 aliphatic rings. The number of nitrogens with one attached hydrogen (secondary N) is 2. The third-order valence-corrected chi connectivity index (χ3v) is 5.50. The van der Waals surface area contributed by atoms with Gasteiger partial charge < -0.3 is 10.6 Å². The van der Waals surface area contributed by atoms with Crippen LogP contribution in [-0.2, 0) is 16.0 Å². The molecule has 4 rings (SSSR count). The average molecular weight is 464 g/mol. The van der Waals surface area contributed by atoms with E-state index in [1.54, 1.807) is 24.3 Å². The fraction of sp³-hybridized carbons (Fsp3) is 0.0800. The maximum Gasteiger partial charge on any atom is 0.283 e. The Morgan fingerprint density at radius 1 is 0.970 bits per heavy atom. The van der Waals surface area contributed by atoms with Crippen molar-refractivity contribution in [2.45, 2.75) is 13.3 Å². The first-order valence-electron chi connectivity index (χ1n) is 10.2. The molecule has 0 saturated heterocycles. The molecule has 6 nitrogen and oxygen atoms in total. The first-order valence-corrected chi connectivity index (χ1v) is 10.6. The standard InChI is InChI=1S/C25H19ClFN3O3/c1-2-15-6-3-4-9-20(15)29-23(31)16-7-5-8-18(14-16)28-22-21(26)24(32)30(25(22)33)19-12-10-17(27)11-13-19/h3-14,28H,2H2,1H3,(H,29,31). The van der Waals surface area contributed by atoms with Gasteiger partial charge in [-0.25, -0.2) is 9.29 Å². The second-order valence-electron chi connectivity index (χ2n) is 7.28. The molecule has 3 aromatic rings. The predicted molar refractivity (Wildman–Crippen MR) is 126 cm³/mol. The zero-order valence-corrected chi connectivity index (χ0v) is 18.3. The molecule has 33 heavy (non-hydrogen) atoms. The highest BCUT2D eigenvalue weighted by molar-refractivity contribution is 6.53. The van der Waals surface area contributed by atoms with E-state index < -0.39 is 17.6 Å². The van der Waals surface area contributed by atoms with Crippen molar-refractivity contribution in [3.63, 3.8) is 0 Å². The largest absolute Gasteiger partial charge is 0.350 e. The molecule has 1 heterocycles. The Bertz CT molecular complexity index is 1290. The Balaban J connectivity index is 1.54. The predicted octanol–water partition coefficient (Wildman–Crippen LogP) is 5.08. The maximum atomic E-state index is 13.2. The summed E-state index contributed by atoms with van der Waals surface area (Å²) < 4.78 is 13.2. The molecule has 8 heteroatoms. The molecule has 0 fully saturated rings. The highest BCUT2D eigenvalue weighted by Crippen LogP contribution is 2.30. The molecule has 0 aromatic heterocycles. The number of amides is 3. The van der Waals surface area contributed by atoms with E-state index in [2.05, 4.69) is 10.6 Å². The van der Waals surface area contributed by atoms with Crippen LogP contribution in [0.4, 0.5) is 21.5 Å². The monoisotopic (exact) mass is 463 g/mol. The van der Waals surface area contributed by atoms with Crippen LogP contribution in [0.2, 0.25) is 0 Å². The Labute approximate surface area is 194 Å². The third-order valence-electron chi connectivity index (χ3n) is 5.15. The Kier molecular flexibility index (Phi) is 6.24. The van der Waals surface area contributed by atoms with Gasteiger partial charge in [-0.3, -0.25) is 14.4 Å². The molecule has 2 N–H and O–H groups in total. The van der Waals surface area contributed by atoms with Crippen molar-refractivity contribution < 1.29 is 18.8 Å². The molecule has 0 atom stereocenters. The minimum atomic E-state index is -0.721. The van der Waals surface area contributed by atoms with Gasteiger partial charge in [0.1, 0.15) is 16.5 Å². The van der Waals surface area contributed by atoms with E-state index in [0.29, 0.717) is 11.3 Å². The van der Waals surface area contributed by atoms with Gasteiger partial charge in [0.25, 0.3) is 17.7 Å². The normalized spacial score (nSPS) is 13.5. The molecule has 1 aliphatic heterocycles. The lowest BCUT2D eigenvalue weighted by Crippen LogP contribution is -2.32. The molecule has 0 radical (unpaired) electrons. The molecule has 0 unspecified atom stereocenters. The number of aryl methyl sites for hydroxylation is 1. The lowest BCUT2D eigenvalue weighted by atomic mass is 10.1. The average Bonchev–Trinajstić information content (AvgIpc) is 3.03. The topological polar surface area (TPSA) is 78.5 Å². The second kappa shape index (κ2) is 9.26. The van der Waals surface area contributed by atoms with E-state index in [0.717, 1.165) is 34.7 Å². The van der Waals surface area contributed by atoms with Gasteiger partial charge in [0, 0.05) is 16.9 Å². The molecule has 0 bridgehead atoms. The summed E-state index contributed by atoms with van der Waals surface area (Å²) in [5, 5.41) is 5.44. The van der Waals surface area contributed by atoms with Crippen LogP contribution in [0.25, 0.3) is 0 Å². The first kappa shape index (κ1) is 22.2. The highest BCUT2D eigenvalue weighted by Gasteiger charge is 2.39. The van der Waals surface area contributed by atoms with Crippen LogP contribution in [0.5, 0.6) is 0 Å². The van der Waals surface area contributed by atoms with E-state index in [1.807, 2.05) is 31.2 Å². The van der Waals surface area contributed by atoms with Crippen molar-refractivity contribution in [3.8, 4) is 0 Å². The third kappa shape index (κ3) is 4.49. The number of carbonyl (C=O) groups excluding carboxylic acids is 3. The molecule has 0 aliphatic carbocycles. The summed E-state index contributed by atoms with van der Waals surface area (Å²) in [5.74, 6) is -2.21. The van der Waals surface area contributed by atoms with Gasteiger partial charge in [0.2, 0.25) is 0 Å². The molecule has 0 spiro atoms. The summed E-state index contributed by atoms with van der Waals surface area (Å²) in [5.41, 5.74) is 2.56. The zero-order valence-electron chi connectivity index (χ0n) is 17.6. The Morgan fingerprint density at radius 3 is 2.42 bits per heavy atom. The molecule has 166 valence electrons. The molecular weight excluding hydrogens is 445 g/mol. The summed E-state index contributed by atoms with van der Waals surface area (Å²) in [4.78, 5) is 39.1. The zero-order chi connectivity index (χ0) is 23.5. The molecule has 3 amide bonds. The number of imide groups is 1. The Morgan fingerprint density at radius 2 is 1.70 bits per heavy atom. The van der Waals surface area contributed by atoms with Gasteiger partial charge in [0.15, 0.2) is 0 Å². The minimum absolute atomic E-state index is 0.125. The SMILES string of the molecule is CCc1ccccc1NC(=O)c1cccc(NC2=C(Cl)C(=O)N(c3ccc(F)cc3)C2=O)c1. The first-order chi connectivity index (χ1) is 15.9. The van der Waals surface area contributed by atoms with Gasteiger partial charge in [-0.15, -0.1) is 0 Å². The summed E-state index contributed by atoms with van der Waals surface area (Å²) in [6, 6.07) is 18.9. The summed E-state index contributed by atoms with van der Waals surface area (Å²) >= 11 is 6.14. The van der Waals surface area contributed by atoms with Gasteiger partial charge >= 0.3 is 0 Å². The van der Waals surface area contributed by atoms with Crippen LogP contribution in [-0.4, -0.2) is 17.7 Å². The van der Waals surface area contributed by atoms with E-state index in [-0.39, 0.29) is 22.3 Å². The number of hydrogen-bond acceptors (Lipinski definition) is 4. The van der Waals surface area contributed by atoms with E-state index in [4.69, 9.17) is 11.6 Å². The minimum Gasteiger partial charge on any atom is -0.350 e. The van der Waals surface area contributed by atoms with Crippen LogP contribution in [0.1, 0.15) is 22.8 Å². The van der Waals surface area contributed by atoms with E-state index in [9.17, 15) is 18.8 Å². The van der Waals surface area contributed by atoms with Gasteiger partial charge in [-0.05, 0) is 60.5 Å². The number of carbonyl (C=O) groups is 3. The van der Waals surface area contributed by atoms with Gasteiger partial charge in [-0.1, -0.05) is 42.8 Å². The van der Waals surface area contributed by atoms with Crippen LogP contribution in [0.3, 0.4) is 0 Å². The Hall–Kier alpha value is -3.97. The summed E-state index contributed by atoms with van der Waals surface area (Å²) in [6.07, 6.45) is 0.769. The van der Waals surface area contributed by atoms with Crippen molar-refractivity contribution in [3.05, 3.63) is 100 Å². The fourth-order valence-corrected chi connectivity index (χ4v) is 3.68. The number of hydrogen-bond donors (Lipinski definition) is 2. The number of rotatable bonds is 6. The highest BCUT2D eigenvalue weighted by atomic mass is 35.5. The smallest absolute Gasteiger partial charge is 0.283 e. The molecular formula is C25H19ClFN3O3. The van der Waals surface area contributed by atoms with Crippen LogP contribution >= 0.6 is 11.6 Å². The van der Waals surface area contributed by atoms with Crippen molar-refractivity contribution in [1.29, 1.82) is 0 Å². The van der Waals surface area contributed by atoms with E-state index >= 15 is 0 Å². The molecule has 0 saturated carbocycles. The summed E-state index contributed by atoms with van der Waals surface area (Å²) in [7, 11) is 0. The number of anilines is 3. The lowest BCUT2D eigenvalue weighted by Gasteiger charge is -2.15. The van der Waals surface area contributed by atoms with Crippen molar-refractivity contribution >= 4 is 46.4 Å². The number of nitrogens with zero attached hydrogens (tertiary/aromatic N) is 1. The van der Waals surface area contributed by atoms with Gasteiger partial charge in [0.05, 0.1) is 5.69 Å². The number of para-hydroxylation sites is 1. The van der Waals surface area contributed by atoms with Crippen molar-refractivity contribution in [2.75, 3.05) is 15.5 Å². The van der Waals surface area contributed by atoms with Crippen molar-refractivity contribution in [2.24, 2.45) is 0 Å². The van der Waals surface area contributed by atoms with Gasteiger partial charge in [-0.2, -0.15) is 0 Å².